The molecule has 72 valence electrons. The van der Waals surface area contributed by atoms with Crippen LogP contribution in [0.3, 0.4) is 0 Å². The normalized spacial score (nSPS) is 27.8. The highest BCUT2D eigenvalue weighted by molar-refractivity contribution is 6.09. The number of rotatable bonds is 1. The number of hydrogen-bond donors (Lipinski definition) is 2. The Morgan fingerprint density at radius 3 is 2.31 bits per heavy atom. The molecule has 0 unspecified atom stereocenters. The van der Waals surface area contributed by atoms with Gasteiger partial charge < -0.3 is 11.5 Å². The summed E-state index contributed by atoms with van der Waals surface area (Å²) < 4.78 is 0. The first-order chi connectivity index (χ1) is 5.89. The quantitative estimate of drug-likeness (QED) is 0.477. The molecule has 1 rings (SSSR count). The largest absolute Gasteiger partial charge is 0.369 e. The molecule has 0 saturated carbocycles. The highest BCUT2D eigenvalue weighted by atomic mass is 16.7. The van der Waals surface area contributed by atoms with Gasteiger partial charge in [0.1, 0.15) is 0 Å². The fourth-order valence-electron chi connectivity index (χ4n) is 0.878. The average Bonchev–Trinajstić information content (AvgIpc) is 2.30. The van der Waals surface area contributed by atoms with Crippen molar-refractivity contribution in [1.82, 2.24) is 5.06 Å². The maximum absolute atomic E-state index is 11.3. The molecule has 1 aliphatic rings. The van der Waals surface area contributed by atoms with Gasteiger partial charge in [-0.25, -0.2) is 4.79 Å². The smallest absolute Gasteiger partial charge is 0.346 e. The van der Waals surface area contributed by atoms with Gasteiger partial charge in [0.05, 0.1) is 6.61 Å². The van der Waals surface area contributed by atoms with Crippen molar-refractivity contribution in [3.8, 4) is 0 Å². The van der Waals surface area contributed by atoms with Crippen molar-refractivity contribution >= 4 is 17.8 Å². The van der Waals surface area contributed by atoms with Gasteiger partial charge in [-0.15, -0.1) is 5.06 Å². The Kier molecular flexibility index (Phi) is 1.96. The highest BCUT2D eigenvalue weighted by Gasteiger charge is 2.51. The minimum absolute atomic E-state index is 0.260. The van der Waals surface area contributed by atoms with E-state index in [2.05, 4.69) is 4.84 Å². The molecule has 0 aromatic carbocycles. The summed E-state index contributed by atoms with van der Waals surface area (Å²) in [5.41, 5.74) is 8.27. The molecule has 0 aromatic rings. The molecular weight excluding hydrogens is 178 g/mol. The van der Waals surface area contributed by atoms with E-state index in [0.717, 1.165) is 0 Å². The van der Waals surface area contributed by atoms with Crippen molar-refractivity contribution in [3.63, 3.8) is 0 Å². The Balaban J connectivity index is 2.94. The molecule has 4 N–H and O–H groups in total. The van der Waals surface area contributed by atoms with Gasteiger partial charge in [0.15, 0.2) is 5.41 Å². The molecule has 7 heteroatoms. The first-order valence-corrected chi connectivity index (χ1v) is 3.46. The van der Waals surface area contributed by atoms with Gasteiger partial charge in [0.25, 0.3) is 5.91 Å². The number of hydrogen-bond acceptors (Lipinski definition) is 4. The third-order valence-electron chi connectivity index (χ3n) is 1.88. The monoisotopic (exact) mass is 187 g/mol. The molecule has 0 radical (unpaired) electrons. The Hall–Kier alpha value is -1.63. The summed E-state index contributed by atoms with van der Waals surface area (Å²) >= 11 is 0. The SMILES string of the molecule is C[C@]1(C(N)=O)CON(C(N)=O)C1=O. The van der Waals surface area contributed by atoms with E-state index in [1.807, 2.05) is 0 Å². The topological polar surface area (TPSA) is 116 Å². The lowest BCUT2D eigenvalue weighted by atomic mass is 9.91. The predicted octanol–water partition coefficient (Wildman–Crippen LogP) is -1.67. The van der Waals surface area contributed by atoms with Crippen LogP contribution in [0.5, 0.6) is 0 Å². The van der Waals surface area contributed by atoms with Crippen molar-refractivity contribution in [2.24, 2.45) is 16.9 Å². The van der Waals surface area contributed by atoms with Gasteiger partial charge >= 0.3 is 6.03 Å². The maximum atomic E-state index is 11.3. The lowest BCUT2D eigenvalue weighted by Gasteiger charge is -2.13. The van der Waals surface area contributed by atoms with E-state index < -0.39 is 23.3 Å². The first kappa shape index (κ1) is 9.46. The summed E-state index contributed by atoms with van der Waals surface area (Å²) in [6.07, 6.45) is 0. The van der Waals surface area contributed by atoms with Crippen molar-refractivity contribution < 1.29 is 19.2 Å². The zero-order valence-electron chi connectivity index (χ0n) is 6.94. The van der Waals surface area contributed by atoms with Crippen molar-refractivity contribution in [2.45, 2.75) is 6.92 Å². The van der Waals surface area contributed by atoms with Crippen LogP contribution in [-0.2, 0) is 14.4 Å². The summed E-state index contributed by atoms with van der Waals surface area (Å²) in [6.45, 7) is 1.03. The molecule has 0 aromatic heterocycles. The van der Waals surface area contributed by atoms with E-state index in [1.54, 1.807) is 0 Å². The van der Waals surface area contributed by atoms with Gasteiger partial charge in [-0.05, 0) is 6.92 Å². The second kappa shape index (κ2) is 2.70. The zero-order chi connectivity index (χ0) is 10.2. The van der Waals surface area contributed by atoms with Crippen molar-refractivity contribution in [2.75, 3.05) is 6.61 Å². The van der Waals surface area contributed by atoms with Crippen LogP contribution in [0.2, 0.25) is 0 Å². The number of hydroxylamine groups is 2. The van der Waals surface area contributed by atoms with Gasteiger partial charge in [-0.2, -0.15) is 0 Å². The summed E-state index contributed by atoms with van der Waals surface area (Å²) in [4.78, 5) is 37.3. The molecule has 1 heterocycles. The van der Waals surface area contributed by atoms with Crippen LogP contribution in [0.25, 0.3) is 0 Å². The molecular formula is C6H9N3O4. The lowest BCUT2D eigenvalue weighted by Crippen LogP contribution is -2.45. The van der Waals surface area contributed by atoms with Crippen molar-refractivity contribution in [1.29, 1.82) is 0 Å². The highest BCUT2D eigenvalue weighted by Crippen LogP contribution is 2.26. The summed E-state index contributed by atoms with van der Waals surface area (Å²) in [5, 5.41) is 0.338. The van der Waals surface area contributed by atoms with Gasteiger partial charge in [0.2, 0.25) is 5.91 Å². The minimum Gasteiger partial charge on any atom is -0.369 e. The maximum Gasteiger partial charge on any atom is 0.346 e. The first-order valence-electron chi connectivity index (χ1n) is 3.46. The van der Waals surface area contributed by atoms with Crippen LogP contribution in [0, 0.1) is 5.41 Å². The number of imide groups is 1. The number of nitrogens with two attached hydrogens (primary N) is 2. The van der Waals surface area contributed by atoms with Crippen LogP contribution in [0.15, 0.2) is 0 Å². The Labute approximate surface area is 73.5 Å². The van der Waals surface area contributed by atoms with Crippen LogP contribution < -0.4 is 11.5 Å². The Morgan fingerprint density at radius 2 is 2.08 bits per heavy atom. The molecule has 1 atom stereocenters. The van der Waals surface area contributed by atoms with E-state index in [0.29, 0.717) is 5.06 Å². The zero-order valence-corrected chi connectivity index (χ0v) is 6.94. The van der Waals surface area contributed by atoms with E-state index in [9.17, 15) is 14.4 Å². The molecule has 4 amide bonds. The van der Waals surface area contributed by atoms with Crippen LogP contribution in [0.4, 0.5) is 4.79 Å². The molecule has 1 fully saturated rings. The molecule has 13 heavy (non-hydrogen) atoms. The second-order valence-electron chi connectivity index (χ2n) is 2.91. The number of urea groups is 1. The summed E-state index contributed by atoms with van der Waals surface area (Å²) in [5.74, 6) is -1.67. The fourth-order valence-corrected chi connectivity index (χ4v) is 0.878. The van der Waals surface area contributed by atoms with Crippen molar-refractivity contribution in [3.05, 3.63) is 0 Å². The lowest BCUT2D eigenvalue weighted by molar-refractivity contribution is -0.149. The molecule has 1 saturated heterocycles. The van der Waals surface area contributed by atoms with Gasteiger partial charge in [-0.3, -0.25) is 14.4 Å². The number of carbonyl (C=O) groups is 3. The second-order valence-corrected chi connectivity index (χ2v) is 2.91. The minimum atomic E-state index is -1.49. The molecule has 0 bridgehead atoms. The Morgan fingerprint density at radius 1 is 1.54 bits per heavy atom. The summed E-state index contributed by atoms with van der Waals surface area (Å²) in [6, 6.07) is -1.06. The fraction of sp³-hybridized carbons (Fsp3) is 0.500. The van der Waals surface area contributed by atoms with Gasteiger partial charge in [-0.1, -0.05) is 0 Å². The third-order valence-corrected chi connectivity index (χ3v) is 1.88. The number of nitrogens with zero attached hydrogens (tertiary/aromatic N) is 1. The number of carbonyl (C=O) groups excluding carboxylic acids is 3. The summed E-state index contributed by atoms with van der Waals surface area (Å²) in [7, 11) is 0. The van der Waals surface area contributed by atoms with E-state index in [1.165, 1.54) is 6.92 Å². The van der Waals surface area contributed by atoms with Gasteiger partial charge in [0, 0.05) is 0 Å². The molecule has 7 nitrogen and oxygen atoms in total. The predicted molar refractivity (Wildman–Crippen MR) is 39.7 cm³/mol. The van der Waals surface area contributed by atoms with E-state index in [-0.39, 0.29) is 6.61 Å². The number of amides is 4. The van der Waals surface area contributed by atoms with Crippen LogP contribution in [-0.4, -0.2) is 29.5 Å². The molecule has 0 spiro atoms. The van der Waals surface area contributed by atoms with E-state index in [4.69, 9.17) is 11.5 Å². The molecule has 1 aliphatic heterocycles. The van der Waals surface area contributed by atoms with Crippen LogP contribution >= 0.6 is 0 Å². The molecule has 0 aliphatic carbocycles. The Bertz CT molecular complexity index is 290. The third kappa shape index (κ3) is 1.22. The number of primary amides is 2. The van der Waals surface area contributed by atoms with E-state index >= 15 is 0 Å². The average molecular weight is 187 g/mol. The standard InChI is InChI=1S/C6H9N3O4/c1-6(3(7)10)2-13-9(4(6)11)5(8)12/h2H2,1H3,(H2,7,10)(H2,8,12)/t6-/m1/s1. The van der Waals surface area contributed by atoms with Crippen LogP contribution in [0.1, 0.15) is 6.92 Å².